The van der Waals surface area contributed by atoms with E-state index in [-0.39, 0.29) is 0 Å². The molecule has 1 saturated carbocycles. The zero-order valence-corrected chi connectivity index (χ0v) is 8.45. The maximum Gasteiger partial charge on any atom is 0.112 e. The average Bonchev–Trinajstić information content (AvgIpc) is 2.97. The fraction of sp³-hybridized carbons (Fsp3) is 0.727. The van der Waals surface area contributed by atoms with Gasteiger partial charge in [-0.15, -0.1) is 0 Å². The molecule has 3 heteroatoms. The highest BCUT2D eigenvalue weighted by Gasteiger charge is 2.32. The van der Waals surface area contributed by atoms with Crippen molar-refractivity contribution in [3.05, 3.63) is 17.7 Å². The van der Waals surface area contributed by atoms with Crippen molar-refractivity contribution in [2.75, 3.05) is 6.54 Å². The zero-order chi connectivity index (χ0) is 9.54. The first-order valence-corrected chi connectivity index (χ1v) is 5.66. The number of hydrogen-bond donors (Lipinski definition) is 1. The summed E-state index contributed by atoms with van der Waals surface area (Å²) in [7, 11) is 0. The van der Waals surface area contributed by atoms with E-state index in [1.165, 1.54) is 43.6 Å². The summed E-state index contributed by atoms with van der Waals surface area (Å²) in [5.41, 5.74) is 7.23. The third kappa shape index (κ3) is 1.19. The maximum atomic E-state index is 5.82. The molecule has 2 heterocycles. The van der Waals surface area contributed by atoms with E-state index in [2.05, 4.69) is 15.7 Å². The van der Waals surface area contributed by atoms with Gasteiger partial charge in [-0.3, -0.25) is 0 Å². The van der Waals surface area contributed by atoms with E-state index in [9.17, 15) is 0 Å². The second kappa shape index (κ2) is 3.09. The Hall–Kier alpha value is -0.830. The zero-order valence-electron chi connectivity index (χ0n) is 8.45. The molecule has 1 aromatic heterocycles. The van der Waals surface area contributed by atoms with Crippen LogP contribution >= 0.6 is 0 Å². The van der Waals surface area contributed by atoms with Gasteiger partial charge in [-0.25, -0.2) is 4.98 Å². The quantitative estimate of drug-likeness (QED) is 0.771. The van der Waals surface area contributed by atoms with Gasteiger partial charge in [0, 0.05) is 30.4 Å². The smallest absolute Gasteiger partial charge is 0.112 e. The topological polar surface area (TPSA) is 43.8 Å². The van der Waals surface area contributed by atoms with Gasteiger partial charge in [-0.2, -0.15) is 0 Å². The van der Waals surface area contributed by atoms with Gasteiger partial charge in [0.1, 0.15) is 5.82 Å². The number of aromatic nitrogens is 2. The summed E-state index contributed by atoms with van der Waals surface area (Å²) in [5, 5.41) is 0. The lowest BCUT2D eigenvalue weighted by Crippen LogP contribution is -2.25. The highest BCUT2D eigenvalue weighted by atomic mass is 15.1. The fourth-order valence-corrected chi connectivity index (χ4v) is 2.53. The minimum absolute atomic E-state index is 0.525. The van der Waals surface area contributed by atoms with Gasteiger partial charge in [0.2, 0.25) is 0 Å². The summed E-state index contributed by atoms with van der Waals surface area (Å²) in [4.78, 5) is 4.57. The Balaban J connectivity index is 2.02. The first-order valence-electron chi connectivity index (χ1n) is 5.66. The Morgan fingerprint density at radius 1 is 1.43 bits per heavy atom. The SMILES string of the molecule is NCC1CCCc2cnc(C3CC3)n21. The molecule has 1 unspecified atom stereocenters. The van der Waals surface area contributed by atoms with Gasteiger partial charge in [0.05, 0.1) is 0 Å². The average molecular weight is 191 g/mol. The Labute approximate surface area is 84.3 Å². The molecule has 0 bridgehead atoms. The van der Waals surface area contributed by atoms with E-state index in [0.29, 0.717) is 6.04 Å². The van der Waals surface area contributed by atoms with Gasteiger partial charge in [-0.1, -0.05) is 0 Å². The van der Waals surface area contributed by atoms with Crippen LogP contribution in [0.15, 0.2) is 6.20 Å². The first kappa shape index (κ1) is 8.48. The van der Waals surface area contributed by atoms with Gasteiger partial charge in [0.25, 0.3) is 0 Å². The number of fused-ring (bicyclic) bond motifs is 1. The van der Waals surface area contributed by atoms with Crippen LogP contribution in [0.5, 0.6) is 0 Å². The molecule has 1 aliphatic heterocycles. The van der Waals surface area contributed by atoms with E-state index in [0.717, 1.165) is 12.5 Å². The highest BCUT2D eigenvalue weighted by Crippen LogP contribution is 2.41. The summed E-state index contributed by atoms with van der Waals surface area (Å²) < 4.78 is 2.43. The van der Waals surface area contributed by atoms with Crippen LogP contribution in [0.2, 0.25) is 0 Å². The molecule has 0 radical (unpaired) electrons. The van der Waals surface area contributed by atoms with E-state index in [1.807, 2.05) is 0 Å². The molecule has 1 fully saturated rings. The summed E-state index contributed by atoms with van der Waals surface area (Å²) in [5.74, 6) is 2.06. The number of hydrogen-bond acceptors (Lipinski definition) is 2. The standard InChI is InChI=1S/C11H17N3/c12-6-9-2-1-3-10-7-13-11(14(9)10)8-4-5-8/h7-9H,1-6,12H2. The third-order valence-electron chi connectivity index (χ3n) is 3.45. The molecule has 1 aromatic rings. The van der Waals surface area contributed by atoms with E-state index < -0.39 is 0 Å². The Bertz CT molecular complexity index is 338. The molecular weight excluding hydrogens is 174 g/mol. The predicted molar refractivity (Wildman–Crippen MR) is 55.2 cm³/mol. The first-order chi connectivity index (χ1) is 6.90. The van der Waals surface area contributed by atoms with Gasteiger partial charge < -0.3 is 10.3 Å². The Kier molecular flexibility index (Phi) is 1.87. The van der Waals surface area contributed by atoms with Crippen LogP contribution in [0.25, 0.3) is 0 Å². The number of nitrogens with two attached hydrogens (primary N) is 1. The minimum atomic E-state index is 0.525. The van der Waals surface area contributed by atoms with E-state index >= 15 is 0 Å². The molecule has 2 aliphatic rings. The lowest BCUT2D eigenvalue weighted by atomic mass is 10.0. The Morgan fingerprint density at radius 3 is 3.00 bits per heavy atom. The number of rotatable bonds is 2. The molecule has 0 aromatic carbocycles. The summed E-state index contributed by atoms with van der Waals surface area (Å²) in [6, 6.07) is 0.525. The molecule has 0 amide bonds. The van der Waals surface area contributed by atoms with Crippen LogP contribution in [0.3, 0.4) is 0 Å². The highest BCUT2D eigenvalue weighted by molar-refractivity contribution is 5.17. The van der Waals surface area contributed by atoms with Crippen molar-refractivity contribution in [2.45, 2.75) is 44.1 Å². The van der Waals surface area contributed by atoms with Gasteiger partial charge in [0.15, 0.2) is 0 Å². The molecule has 1 atom stereocenters. The summed E-state index contributed by atoms with van der Waals surface area (Å²) >= 11 is 0. The minimum Gasteiger partial charge on any atom is -0.328 e. The molecule has 3 rings (SSSR count). The van der Waals surface area contributed by atoms with Crippen molar-refractivity contribution in [3.8, 4) is 0 Å². The second-order valence-corrected chi connectivity index (χ2v) is 4.53. The van der Waals surface area contributed by atoms with Gasteiger partial charge >= 0.3 is 0 Å². The monoisotopic (exact) mass is 191 g/mol. The van der Waals surface area contributed by atoms with Crippen molar-refractivity contribution >= 4 is 0 Å². The van der Waals surface area contributed by atoms with Crippen molar-refractivity contribution in [1.29, 1.82) is 0 Å². The largest absolute Gasteiger partial charge is 0.328 e. The fourth-order valence-electron chi connectivity index (χ4n) is 2.53. The summed E-state index contributed by atoms with van der Waals surface area (Å²) in [6.07, 6.45) is 8.42. The number of nitrogens with zero attached hydrogens (tertiary/aromatic N) is 2. The molecular formula is C11H17N3. The van der Waals surface area contributed by atoms with Crippen molar-refractivity contribution < 1.29 is 0 Å². The molecule has 76 valence electrons. The van der Waals surface area contributed by atoms with Crippen molar-refractivity contribution in [3.63, 3.8) is 0 Å². The third-order valence-corrected chi connectivity index (χ3v) is 3.45. The van der Waals surface area contributed by atoms with E-state index in [1.54, 1.807) is 0 Å². The second-order valence-electron chi connectivity index (χ2n) is 4.53. The normalized spacial score (nSPS) is 26.2. The van der Waals surface area contributed by atoms with Crippen LogP contribution in [-0.2, 0) is 6.42 Å². The van der Waals surface area contributed by atoms with Crippen molar-refractivity contribution in [1.82, 2.24) is 9.55 Å². The van der Waals surface area contributed by atoms with Crippen molar-refractivity contribution in [2.24, 2.45) is 5.73 Å². The lowest BCUT2D eigenvalue weighted by Gasteiger charge is -2.26. The molecule has 14 heavy (non-hydrogen) atoms. The van der Waals surface area contributed by atoms with Gasteiger partial charge in [-0.05, 0) is 32.1 Å². The lowest BCUT2D eigenvalue weighted by molar-refractivity contribution is 0.398. The van der Waals surface area contributed by atoms with Crippen LogP contribution < -0.4 is 5.73 Å². The molecule has 2 N–H and O–H groups in total. The van der Waals surface area contributed by atoms with Crippen LogP contribution in [0, 0.1) is 0 Å². The molecule has 1 aliphatic carbocycles. The molecule has 3 nitrogen and oxygen atoms in total. The maximum absolute atomic E-state index is 5.82. The van der Waals surface area contributed by atoms with Crippen LogP contribution in [0.1, 0.15) is 49.2 Å². The van der Waals surface area contributed by atoms with E-state index in [4.69, 9.17) is 5.73 Å². The number of imidazole rings is 1. The molecule has 0 spiro atoms. The van der Waals surface area contributed by atoms with Crippen LogP contribution in [0.4, 0.5) is 0 Å². The predicted octanol–water partition coefficient (Wildman–Crippen LogP) is 1.60. The van der Waals surface area contributed by atoms with Crippen LogP contribution in [-0.4, -0.2) is 16.1 Å². The molecule has 0 saturated heterocycles. The Morgan fingerprint density at radius 2 is 2.29 bits per heavy atom. The summed E-state index contributed by atoms with van der Waals surface area (Å²) in [6.45, 7) is 0.767. The number of aryl methyl sites for hydroxylation is 1.